The fraction of sp³-hybridized carbons (Fsp3) is 0.464. The Bertz CT molecular complexity index is 1320. The summed E-state index contributed by atoms with van der Waals surface area (Å²) < 4.78 is 41.4. The summed E-state index contributed by atoms with van der Waals surface area (Å²) in [6.45, 7) is 1.73. The summed E-state index contributed by atoms with van der Waals surface area (Å²) in [5.41, 5.74) is 3.04. The molecule has 2 aliphatic rings. The van der Waals surface area contributed by atoms with E-state index in [4.69, 9.17) is 9.47 Å². The zero-order valence-corrected chi connectivity index (χ0v) is 21.5. The van der Waals surface area contributed by atoms with Gasteiger partial charge in [-0.1, -0.05) is 0 Å². The molecule has 5 rings (SSSR count). The van der Waals surface area contributed by atoms with Crippen molar-refractivity contribution in [2.24, 2.45) is 7.05 Å². The zero-order valence-electron chi connectivity index (χ0n) is 21.5. The minimum absolute atomic E-state index is 0.0389. The van der Waals surface area contributed by atoms with Gasteiger partial charge in [-0.25, -0.2) is 8.78 Å². The minimum atomic E-state index is -0.494. The fourth-order valence-electron chi connectivity index (χ4n) is 6.32. The number of piperidine rings is 1. The van der Waals surface area contributed by atoms with Crippen molar-refractivity contribution in [1.29, 1.82) is 0 Å². The van der Waals surface area contributed by atoms with Crippen LogP contribution in [0.5, 0.6) is 5.75 Å². The molecule has 1 fully saturated rings. The van der Waals surface area contributed by atoms with Crippen LogP contribution in [0.4, 0.5) is 8.78 Å². The summed E-state index contributed by atoms with van der Waals surface area (Å²) in [6, 6.07) is 9.08. The normalized spacial score (nSPS) is 19.4. The number of hydrogen-bond donors (Lipinski definition) is 1. The van der Waals surface area contributed by atoms with Crippen molar-refractivity contribution in [1.82, 2.24) is 14.4 Å². The Labute approximate surface area is 215 Å². The van der Waals surface area contributed by atoms with Gasteiger partial charge >= 0.3 is 0 Å². The van der Waals surface area contributed by atoms with Gasteiger partial charge in [0.05, 0.1) is 25.3 Å². The maximum atomic E-state index is 14.7. The van der Waals surface area contributed by atoms with Gasteiger partial charge in [0, 0.05) is 68.5 Å². The molecular weight excluding hydrogens is 480 g/mol. The van der Waals surface area contributed by atoms with Crippen molar-refractivity contribution < 1.29 is 28.2 Å². The summed E-state index contributed by atoms with van der Waals surface area (Å²) >= 11 is 0. The Balaban J connectivity index is 1.62. The standard InChI is InChI=1S/C28H33F2N3O4/c1-31-23-13-20(37-3)5-6-21(23)26-27(31)24(15-34)33(14-18-12-19(29)4-7-22(18)30)17-28(26)8-10-32(11-9-28)25(35)16-36-2/h4-7,12-13,24,34H,8-11,14-17H2,1-3H3/t24-/m1/s1. The number of aliphatic hydroxyl groups excluding tert-OH is 1. The number of aryl methyl sites for hydroxylation is 1. The van der Waals surface area contributed by atoms with Crippen molar-refractivity contribution in [3.63, 3.8) is 0 Å². The van der Waals surface area contributed by atoms with E-state index in [-0.39, 0.29) is 36.6 Å². The predicted octanol–water partition coefficient (Wildman–Crippen LogP) is 3.52. The van der Waals surface area contributed by atoms with Crippen LogP contribution < -0.4 is 4.74 Å². The molecule has 1 saturated heterocycles. The first-order chi connectivity index (χ1) is 17.8. The lowest BCUT2D eigenvalue weighted by atomic mass is 9.68. The first kappa shape index (κ1) is 25.6. The van der Waals surface area contributed by atoms with Gasteiger partial charge in [-0.2, -0.15) is 0 Å². The van der Waals surface area contributed by atoms with Gasteiger partial charge < -0.3 is 24.0 Å². The molecule has 1 amide bonds. The van der Waals surface area contributed by atoms with Crippen LogP contribution in [0.3, 0.4) is 0 Å². The van der Waals surface area contributed by atoms with E-state index in [0.717, 1.165) is 34.5 Å². The number of benzene rings is 2. The van der Waals surface area contributed by atoms with Crippen molar-refractivity contribution in [3.05, 3.63) is 64.9 Å². The van der Waals surface area contributed by atoms with Crippen LogP contribution in [0.2, 0.25) is 0 Å². The van der Waals surface area contributed by atoms with E-state index in [1.807, 2.05) is 24.1 Å². The van der Waals surface area contributed by atoms with Crippen LogP contribution in [0.25, 0.3) is 10.9 Å². The molecule has 7 nitrogen and oxygen atoms in total. The first-order valence-electron chi connectivity index (χ1n) is 12.5. The molecule has 9 heteroatoms. The van der Waals surface area contributed by atoms with Crippen molar-refractivity contribution in [2.45, 2.75) is 30.8 Å². The van der Waals surface area contributed by atoms with Gasteiger partial charge in [0.1, 0.15) is 24.0 Å². The number of likely N-dealkylation sites (tertiary alicyclic amines) is 1. The molecule has 0 saturated carbocycles. The molecule has 3 heterocycles. The van der Waals surface area contributed by atoms with Crippen LogP contribution >= 0.6 is 0 Å². The fourth-order valence-corrected chi connectivity index (χ4v) is 6.32. The third-order valence-electron chi connectivity index (χ3n) is 8.14. The average molecular weight is 514 g/mol. The molecule has 1 atom stereocenters. The second-order valence-electron chi connectivity index (χ2n) is 10.1. The van der Waals surface area contributed by atoms with Crippen molar-refractivity contribution in [2.75, 3.05) is 47.1 Å². The number of ether oxygens (including phenoxy) is 2. The molecule has 1 spiro atoms. The smallest absolute Gasteiger partial charge is 0.248 e. The number of aromatic nitrogens is 1. The number of carbonyl (C=O) groups is 1. The highest BCUT2D eigenvalue weighted by molar-refractivity contribution is 5.89. The van der Waals surface area contributed by atoms with Gasteiger partial charge in [-0.3, -0.25) is 9.69 Å². The van der Waals surface area contributed by atoms with Gasteiger partial charge in [-0.15, -0.1) is 0 Å². The lowest BCUT2D eigenvalue weighted by molar-refractivity contribution is -0.137. The first-order valence-corrected chi connectivity index (χ1v) is 12.5. The maximum Gasteiger partial charge on any atom is 0.248 e. The van der Waals surface area contributed by atoms with E-state index >= 15 is 0 Å². The van der Waals surface area contributed by atoms with Gasteiger partial charge in [-0.05, 0) is 48.7 Å². The number of amides is 1. The maximum absolute atomic E-state index is 14.7. The third-order valence-corrected chi connectivity index (χ3v) is 8.14. The Morgan fingerprint density at radius 1 is 1.14 bits per heavy atom. The molecule has 0 radical (unpaired) electrons. The van der Waals surface area contributed by atoms with Crippen molar-refractivity contribution in [3.8, 4) is 5.75 Å². The molecule has 0 bridgehead atoms. The molecule has 3 aromatic rings. The Hall–Kier alpha value is -3.01. The quantitative estimate of drug-likeness (QED) is 0.547. The van der Waals surface area contributed by atoms with Crippen LogP contribution in [-0.2, 0) is 28.5 Å². The molecule has 37 heavy (non-hydrogen) atoms. The number of aliphatic hydroxyl groups is 1. The highest BCUT2D eigenvalue weighted by atomic mass is 19.1. The number of methoxy groups -OCH3 is 2. The molecule has 0 aliphatic carbocycles. The van der Waals surface area contributed by atoms with Crippen LogP contribution in [0.1, 0.15) is 35.7 Å². The van der Waals surface area contributed by atoms with E-state index < -0.39 is 17.7 Å². The van der Waals surface area contributed by atoms with E-state index in [0.29, 0.717) is 32.5 Å². The summed E-state index contributed by atoms with van der Waals surface area (Å²) in [5, 5.41) is 11.7. The predicted molar refractivity (Wildman–Crippen MR) is 135 cm³/mol. The summed E-state index contributed by atoms with van der Waals surface area (Å²) in [5.74, 6) is -0.271. The SMILES string of the molecule is COCC(=O)N1CCC2(CC1)CN(Cc1cc(F)ccc1F)[C@H](CO)c1c2c2ccc(OC)cc2n1C. The lowest BCUT2D eigenvalue weighted by Crippen LogP contribution is -2.55. The molecule has 1 N–H and O–H groups in total. The zero-order chi connectivity index (χ0) is 26.3. The molecule has 0 unspecified atom stereocenters. The number of hydrogen-bond acceptors (Lipinski definition) is 5. The van der Waals surface area contributed by atoms with Gasteiger partial charge in [0.15, 0.2) is 0 Å². The monoisotopic (exact) mass is 513 g/mol. The number of nitrogens with zero attached hydrogens (tertiary/aromatic N) is 3. The summed E-state index contributed by atoms with van der Waals surface area (Å²) in [4.78, 5) is 16.4. The largest absolute Gasteiger partial charge is 0.497 e. The van der Waals surface area contributed by atoms with E-state index in [9.17, 15) is 18.7 Å². The summed E-state index contributed by atoms with van der Waals surface area (Å²) in [7, 11) is 5.12. The Kier molecular flexibility index (Phi) is 6.95. The number of rotatable bonds is 6. The van der Waals surface area contributed by atoms with Gasteiger partial charge in [0.25, 0.3) is 0 Å². The van der Waals surface area contributed by atoms with Gasteiger partial charge in [0.2, 0.25) is 5.91 Å². The lowest BCUT2D eigenvalue weighted by Gasteiger charge is -2.50. The second-order valence-corrected chi connectivity index (χ2v) is 10.1. The van der Waals surface area contributed by atoms with Crippen molar-refractivity contribution >= 4 is 16.8 Å². The van der Waals surface area contributed by atoms with Crippen LogP contribution in [-0.4, -0.2) is 72.4 Å². The molecule has 1 aromatic heterocycles. The van der Waals surface area contributed by atoms with E-state index in [2.05, 4.69) is 15.5 Å². The van der Waals surface area contributed by atoms with E-state index in [1.54, 1.807) is 7.11 Å². The Morgan fingerprint density at radius 2 is 1.89 bits per heavy atom. The Morgan fingerprint density at radius 3 is 2.57 bits per heavy atom. The molecular formula is C28H33F2N3O4. The number of fused-ring (bicyclic) bond motifs is 4. The third kappa shape index (κ3) is 4.39. The number of carbonyl (C=O) groups excluding carboxylic acids is 1. The highest BCUT2D eigenvalue weighted by Gasteiger charge is 2.48. The molecule has 2 aliphatic heterocycles. The molecule has 198 valence electrons. The minimum Gasteiger partial charge on any atom is -0.497 e. The molecule has 2 aromatic carbocycles. The highest BCUT2D eigenvalue weighted by Crippen LogP contribution is 2.50. The van der Waals surface area contributed by atoms with Crippen LogP contribution in [0, 0.1) is 11.6 Å². The average Bonchev–Trinajstić information content (AvgIpc) is 3.19. The topological polar surface area (TPSA) is 67.2 Å². The second kappa shape index (κ2) is 10.0. The number of halogens is 2. The summed E-state index contributed by atoms with van der Waals surface area (Å²) in [6.07, 6.45) is 1.42. The van der Waals surface area contributed by atoms with Crippen LogP contribution in [0.15, 0.2) is 36.4 Å². The van der Waals surface area contributed by atoms with E-state index in [1.165, 1.54) is 18.7 Å².